The van der Waals surface area contributed by atoms with Crippen molar-refractivity contribution in [3.8, 4) is 0 Å². The molecule has 1 aliphatic rings. The summed E-state index contributed by atoms with van der Waals surface area (Å²) in [6.45, 7) is 3.03. The maximum Gasteiger partial charge on any atom is 0.293 e. The van der Waals surface area contributed by atoms with Crippen LogP contribution in [0.25, 0.3) is 0 Å². The highest BCUT2D eigenvalue weighted by Crippen LogP contribution is 2.29. The summed E-state index contributed by atoms with van der Waals surface area (Å²) in [6.07, 6.45) is 0.843. The molecule has 0 saturated carbocycles. The predicted octanol–water partition coefficient (Wildman–Crippen LogP) is 4.48. The van der Waals surface area contributed by atoms with Crippen LogP contribution in [0, 0.1) is 17.0 Å². The van der Waals surface area contributed by atoms with Gasteiger partial charge in [0.25, 0.3) is 17.5 Å². The zero-order chi connectivity index (χ0) is 23.7. The van der Waals surface area contributed by atoms with Crippen LogP contribution < -0.4 is 10.2 Å². The van der Waals surface area contributed by atoms with E-state index in [1.54, 1.807) is 67.6 Å². The van der Waals surface area contributed by atoms with Gasteiger partial charge in [0.2, 0.25) is 0 Å². The molecule has 1 aromatic heterocycles. The van der Waals surface area contributed by atoms with Gasteiger partial charge in [-0.15, -0.1) is 11.3 Å². The Morgan fingerprint density at radius 2 is 1.97 bits per heavy atom. The van der Waals surface area contributed by atoms with Crippen LogP contribution in [0.15, 0.2) is 47.8 Å². The zero-order valence-electron chi connectivity index (χ0n) is 18.6. The lowest BCUT2D eigenvalue weighted by Gasteiger charge is -2.28. The molecule has 33 heavy (non-hydrogen) atoms. The Morgan fingerprint density at radius 1 is 1.18 bits per heavy atom. The summed E-state index contributed by atoms with van der Waals surface area (Å²) >= 11 is 1.72. The number of carbonyl (C=O) groups excluding carboxylic acids is 2. The molecule has 2 heterocycles. The molecule has 9 heteroatoms. The molecule has 0 saturated heterocycles. The average Bonchev–Trinajstić information content (AvgIpc) is 3.27. The van der Waals surface area contributed by atoms with Crippen LogP contribution in [-0.2, 0) is 13.0 Å². The zero-order valence-corrected chi connectivity index (χ0v) is 19.4. The molecule has 0 aliphatic carbocycles. The van der Waals surface area contributed by atoms with Gasteiger partial charge in [0.05, 0.1) is 4.92 Å². The number of nitrogens with zero attached hydrogens (tertiary/aromatic N) is 3. The fraction of sp³-hybridized carbons (Fsp3) is 0.250. The van der Waals surface area contributed by atoms with Crippen LogP contribution in [0.3, 0.4) is 0 Å². The number of amides is 2. The third kappa shape index (κ3) is 4.45. The highest BCUT2D eigenvalue weighted by Gasteiger charge is 2.25. The van der Waals surface area contributed by atoms with Gasteiger partial charge in [-0.25, -0.2) is 0 Å². The minimum atomic E-state index is -0.506. The number of thiophene rings is 1. The first-order valence-corrected chi connectivity index (χ1v) is 11.4. The fourth-order valence-corrected chi connectivity index (χ4v) is 4.87. The summed E-state index contributed by atoms with van der Waals surface area (Å²) in [4.78, 5) is 41.8. The van der Waals surface area contributed by atoms with E-state index in [1.807, 2.05) is 4.90 Å². The van der Waals surface area contributed by atoms with Crippen molar-refractivity contribution in [1.82, 2.24) is 4.90 Å². The largest absolute Gasteiger partial charge is 0.372 e. The number of anilines is 2. The average molecular weight is 465 g/mol. The van der Waals surface area contributed by atoms with Crippen molar-refractivity contribution in [3.05, 3.63) is 85.1 Å². The number of fused-ring (bicyclic) bond motifs is 1. The van der Waals surface area contributed by atoms with Crippen molar-refractivity contribution in [2.45, 2.75) is 19.9 Å². The molecule has 1 N–H and O–H groups in total. The van der Waals surface area contributed by atoms with E-state index in [-0.39, 0.29) is 17.2 Å². The van der Waals surface area contributed by atoms with E-state index in [0.29, 0.717) is 35.6 Å². The summed E-state index contributed by atoms with van der Waals surface area (Å²) in [5.41, 5.74) is 3.31. The van der Waals surface area contributed by atoms with Gasteiger partial charge >= 0.3 is 0 Å². The molecule has 0 fully saturated rings. The molecule has 8 nitrogen and oxygen atoms in total. The lowest BCUT2D eigenvalue weighted by Crippen LogP contribution is -2.35. The van der Waals surface area contributed by atoms with Gasteiger partial charge in [0.1, 0.15) is 5.69 Å². The van der Waals surface area contributed by atoms with Crippen LogP contribution in [0.1, 0.15) is 36.7 Å². The van der Waals surface area contributed by atoms with Gasteiger partial charge in [-0.1, -0.05) is 6.07 Å². The highest BCUT2D eigenvalue weighted by atomic mass is 32.1. The standard InChI is InChI=1S/C24H24N4O4S/c1-15-18(24(30)27-11-9-22-17(14-27)10-12-33-22)5-4-6-19(15)25-23(29)16-7-8-20(26(2)3)21(13-16)28(31)32/h4-8,10,12-13H,9,11,14H2,1-3H3,(H,25,29). The molecule has 4 rings (SSSR count). The molecule has 2 amide bonds. The Hall–Kier alpha value is -3.72. The monoisotopic (exact) mass is 464 g/mol. The number of nitrogens with one attached hydrogen (secondary N) is 1. The Kier molecular flexibility index (Phi) is 6.15. The van der Waals surface area contributed by atoms with Crippen LogP contribution >= 0.6 is 11.3 Å². The van der Waals surface area contributed by atoms with E-state index in [2.05, 4.69) is 16.8 Å². The molecule has 3 aromatic rings. The molecule has 170 valence electrons. The van der Waals surface area contributed by atoms with Gasteiger partial charge in [-0.05, 0) is 60.2 Å². The van der Waals surface area contributed by atoms with Crippen LogP contribution in [-0.4, -0.2) is 42.3 Å². The normalized spacial score (nSPS) is 12.8. The maximum absolute atomic E-state index is 13.2. The van der Waals surface area contributed by atoms with Gasteiger partial charge < -0.3 is 15.1 Å². The van der Waals surface area contributed by atoms with E-state index in [0.717, 1.165) is 6.42 Å². The van der Waals surface area contributed by atoms with Crippen molar-refractivity contribution >= 4 is 40.2 Å². The SMILES string of the molecule is Cc1c(NC(=O)c2ccc(N(C)C)c([N+](=O)[O-])c2)cccc1C(=O)N1CCc2sccc2C1. The van der Waals surface area contributed by atoms with E-state index >= 15 is 0 Å². The molecule has 0 unspecified atom stereocenters. The smallest absolute Gasteiger partial charge is 0.293 e. The minimum Gasteiger partial charge on any atom is -0.372 e. The van der Waals surface area contributed by atoms with Crippen molar-refractivity contribution in [2.75, 3.05) is 30.9 Å². The first kappa shape index (κ1) is 22.5. The molecule has 0 spiro atoms. The second kappa shape index (κ2) is 9.03. The Labute approximate surface area is 195 Å². The Bertz CT molecular complexity index is 1250. The van der Waals surface area contributed by atoms with Crippen LogP contribution in [0.2, 0.25) is 0 Å². The summed E-state index contributed by atoms with van der Waals surface area (Å²) in [5.74, 6) is -0.552. The number of nitro groups is 1. The van der Waals surface area contributed by atoms with Gasteiger partial charge in [-0.3, -0.25) is 19.7 Å². The molecule has 1 aliphatic heterocycles. The number of rotatable bonds is 5. The summed E-state index contributed by atoms with van der Waals surface area (Å²) in [5, 5.41) is 16.3. The fourth-order valence-electron chi connectivity index (χ4n) is 3.98. The number of hydrogen-bond donors (Lipinski definition) is 1. The number of hydrogen-bond acceptors (Lipinski definition) is 6. The summed E-state index contributed by atoms with van der Waals surface area (Å²) < 4.78 is 0. The van der Waals surface area contributed by atoms with E-state index in [9.17, 15) is 19.7 Å². The maximum atomic E-state index is 13.2. The molecule has 0 atom stereocenters. The third-order valence-corrected chi connectivity index (χ3v) is 6.85. The number of benzene rings is 2. The van der Waals surface area contributed by atoms with Gasteiger partial charge in [-0.2, -0.15) is 0 Å². The molecule has 0 bridgehead atoms. The van der Waals surface area contributed by atoms with Gasteiger partial charge in [0.15, 0.2) is 0 Å². The Balaban J connectivity index is 1.56. The molecule has 0 radical (unpaired) electrons. The third-order valence-electron chi connectivity index (χ3n) is 5.82. The summed E-state index contributed by atoms with van der Waals surface area (Å²) in [6, 6.07) is 11.6. The van der Waals surface area contributed by atoms with Crippen LogP contribution in [0.4, 0.5) is 17.1 Å². The summed E-state index contributed by atoms with van der Waals surface area (Å²) in [7, 11) is 3.41. The lowest BCUT2D eigenvalue weighted by atomic mass is 10.0. The van der Waals surface area contributed by atoms with Gasteiger partial charge in [0, 0.05) is 54.9 Å². The van der Waals surface area contributed by atoms with Crippen molar-refractivity contribution in [1.29, 1.82) is 0 Å². The first-order valence-electron chi connectivity index (χ1n) is 10.5. The van der Waals surface area contributed by atoms with E-state index in [4.69, 9.17) is 0 Å². The Morgan fingerprint density at radius 3 is 2.70 bits per heavy atom. The molecule has 2 aromatic carbocycles. The topological polar surface area (TPSA) is 95.8 Å². The van der Waals surface area contributed by atoms with Crippen molar-refractivity contribution in [2.24, 2.45) is 0 Å². The van der Waals surface area contributed by atoms with E-state index < -0.39 is 10.8 Å². The van der Waals surface area contributed by atoms with Crippen molar-refractivity contribution in [3.63, 3.8) is 0 Å². The minimum absolute atomic E-state index is 0.0774. The highest BCUT2D eigenvalue weighted by molar-refractivity contribution is 7.10. The first-order chi connectivity index (χ1) is 15.8. The number of carbonyl (C=O) groups is 2. The number of nitro benzene ring substituents is 1. The second-order valence-corrected chi connectivity index (χ2v) is 9.13. The van der Waals surface area contributed by atoms with Crippen molar-refractivity contribution < 1.29 is 14.5 Å². The lowest BCUT2D eigenvalue weighted by molar-refractivity contribution is -0.384. The second-order valence-electron chi connectivity index (χ2n) is 8.13. The molecular formula is C24H24N4O4S. The molecular weight excluding hydrogens is 440 g/mol. The van der Waals surface area contributed by atoms with E-state index in [1.165, 1.54) is 16.5 Å². The van der Waals surface area contributed by atoms with Crippen LogP contribution in [0.5, 0.6) is 0 Å². The quantitative estimate of drug-likeness (QED) is 0.444. The predicted molar refractivity (Wildman–Crippen MR) is 129 cm³/mol.